The third kappa shape index (κ3) is 6.59. The van der Waals surface area contributed by atoms with E-state index < -0.39 is 0 Å². The molecule has 0 aliphatic rings. The van der Waals surface area contributed by atoms with Gasteiger partial charge in [-0.15, -0.1) is 0 Å². The van der Waals surface area contributed by atoms with Crippen molar-refractivity contribution in [1.29, 1.82) is 0 Å². The monoisotopic (exact) mass is 350 g/mol. The Morgan fingerprint density at radius 3 is 2.00 bits per heavy atom. The van der Waals surface area contributed by atoms with Crippen molar-refractivity contribution >= 4 is 0 Å². The van der Waals surface area contributed by atoms with Crippen LogP contribution in [-0.2, 0) is 17.1 Å². The molecule has 0 bridgehead atoms. The fourth-order valence-corrected chi connectivity index (χ4v) is 0.996. The van der Waals surface area contributed by atoms with E-state index in [4.69, 9.17) is 0 Å². The summed E-state index contributed by atoms with van der Waals surface area (Å²) in [5.74, 6) is 0.991. The van der Waals surface area contributed by atoms with Gasteiger partial charge in [0, 0.05) is 12.1 Å². The summed E-state index contributed by atoms with van der Waals surface area (Å²) < 4.78 is 0. The molecule has 8 heteroatoms. The number of halogens is 4. The molecule has 3 N–H and O–H groups in total. The van der Waals surface area contributed by atoms with E-state index in [0.717, 1.165) is 11.5 Å². The number of rotatable bonds is 1. The molecule has 0 atom stereocenters. The van der Waals surface area contributed by atoms with Crippen LogP contribution in [0.5, 0.6) is 0 Å². The van der Waals surface area contributed by atoms with E-state index in [2.05, 4.69) is 15.0 Å². The van der Waals surface area contributed by atoms with E-state index >= 15 is 0 Å². The standard InChI is InChI=1S/C8H7N3.4ClH.Cu/c1-2-4-9-7(3-1)8-10-5-6-11-8;;;;;/h1-6H,(H,10,11);4*1H;/q;;;;;+2/p-2. The number of H-pyrrole nitrogens is 3. The van der Waals surface area contributed by atoms with Crippen LogP contribution in [0.2, 0.25) is 0 Å². The maximum atomic E-state index is 3.11. The molecular weight excluding hydrogens is 343 g/mol. The summed E-state index contributed by atoms with van der Waals surface area (Å²) in [6.07, 6.45) is 5.61. The summed E-state index contributed by atoms with van der Waals surface area (Å²) in [4.78, 5) is 9.24. The molecule has 3 nitrogen and oxygen atoms in total. The van der Waals surface area contributed by atoms with Crippen molar-refractivity contribution in [3.8, 4) is 11.5 Å². The Hall–Kier alpha value is 0.0395. The SMILES string of the molecule is [Cl-].[Cl-].[Cl-].[Cl-].[Cu+2].c1ccc(-c2[nH]cc[nH+]2)[nH+]c1. The minimum absolute atomic E-state index is 0. The molecule has 2 rings (SSSR count). The number of hydrogen-bond acceptors (Lipinski definition) is 0. The van der Waals surface area contributed by atoms with Gasteiger partial charge < -0.3 is 49.6 Å². The average Bonchev–Trinajstić information content (AvgIpc) is 2.58. The molecule has 0 spiro atoms. The Bertz CT molecular complexity index is 330. The predicted octanol–water partition coefficient (Wildman–Crippen LogP) is -11.7. The number of nitrogens with one attached hydrogen (secondary N) is 3. The molecule has 0 saturated heterocycles. The van der Waals surface area contributed by atoms with Crippen LogP contribution >= 0.6 is 0 Å². The fourth-order valence-electron chi connectivity index (χ4n) is 0.996. The summed E-state index contributed by atoms with van der Waals surface area (Å²) in [7, 11) is 0. The van der Waals surface area contributed by atoms with Gasteiger partial charge in [0.2, 0.25) is 0 Å². The van der Waals surface area contributed by atoms with Crippen LogP contribution in [0.4, 0.5) is 0 Å². The van der Waals surface area contributed by atoms with E-state index in [-0.39, 0.29) is 66.7 Å². The number of hydrogen-bond donors (Lipinski definition) is 1. The molecule has 0 unspecified atom stereocenters. The van der Waals surface area contributed by atoms with E-state index in [1.54, 1.807) is 0 Å². The van der Waals surface area contributed by atoms with Crippen LogP contribution in [0.1, 0.15) is 0 Å². The van der Waals surface area contributed by atoms with E-state index in [1.165, 1.54) is 0 Å². The summed E-state index contributed by atoms with van der Waals surface area (Å²) in [5, 5.41) is 0. The van der Waals surface area contributed by atoms with E-state index in [9.17, 15) is 0 Å². The van der Waals surface area contributed by atoms with Gasteiger partial charge in [-0.25, -0.2) is 15.0 Å². The molecular formula is C8H9Cl4CuN3. The van der Waals surface area contributed by atoms with Gasteiger partial charge in [0.15, 0.2) is 6.20 Å². The maximum Gasteiger partial charge on any atom is 2.00 e. The molecule has 0 saturated carbocycles. The van der Waals surface area contributed by atoms with E-state index in [1.807, 2.05) is 36.8 Å². The molecule has 0 amide bonds. The Morgan fingerprint density at radius 2 is 1.56 bits per heavy atom. The molecule has 2 aromatic rings. The zero-order valence-corrected chi connectivity index (χ0v) is 11.7. The second-order valence-electron chi connectivity index (χ2n) is 2.27. The normalized spacial score (nSPS) is 6.75. The van der Waals surface area contributed by atoms with Crippen molar-refractivity contribution in [3.05, 3.63) is 36.8 Å². The molecule has 0 aliphatic carbocycles. The minimum Gasteiger partial charge on any atom is -1.00 e. The molecule has 0 fully saturated rings. The first-order valence-electron chi connectivity index (χ1n) is 3.49. The second-order valence-corrected chi connectivity index (χ2v) is 2.27. The van der Waals surface area contributed by atoms with Gasteiger partial charge in [-0.1, -0.05) is 0 Å². The van der Waals surface area contributed by atoms with Gasteiger partial charge in [0.05, 0.1) is 0 Å². The van der Waals surface area contributed by atoms with Crippen LogP contribution < -0.4 is 59.6 Å². The molecule has 2 aromatic heterocycles. The van der Waals surface area contributed by atoms with Crippen LogP contribution in [-0.4, -0.2) is 4.98 Å². The Balaban J connectivity index is -0.000000144. The number of pyridine rings is 1. The zero-order chi connectivity index (χ0) is 7.52. The van der Waals surface area contributed by atoms with Gasteiger partial charge in [-0.05, 0) is 6.07 Å². The molecule has 95 valence electrons. The molecule has 16 heavy (non-hydrogen) atoms. The molecule has 2 heterocycles. The Labute approximate surface area is 129 Å². The quantitative estimate of drug-likeness (QED) is 0.496. The summed E-state index contributed by atoms with van der Waals surface area (Å²) in [6, 6.07) is 5.94. The van der Waals surface area contributed by atoms with Crippen molar-refractivity contribution in [1.82, 2.24) is 4.98 Å². The number of aromatic nitrogens is 3. The van der Waals surface area contributed by atoms with Gasteiger partial charge >= 0.3 is 22.9 Å². The summed E-state index contributed by atoms with van der Waals surface area (Å²) in [5.41, 5.74) is 1.05. The third-order valence-electron chi connectivity index (χ3n) is 1.52. The van der Waals surface area contributed by atoms with Gasteiger partial charge in [-0.3, -0.25) is 0 Å². The van der Waals surface area contributed by atoms with Crippen molar-refractivity contribution in [3.63, 3.8) is 0 Å². The van der Waals surface area contributed by atoms with Crippen LogP contribution in [0.25, 0.3) is 11.5 Å². The predicted molar refractivity (Wildman–Crippen MR) is 39.3 cm³/mol. The van der Waals surface area contributed by atoms with Gasteiger partial charge in [0.25, 0.3) is 5.69 Å². The van der Waals surface area contributed by atoms with E-state index in [0.29, 0.717) is 0 Å². The van der Waals surface area contributed by atoms with Crippen LogP contribution in [0.3, 0.4) is 0 Å². The van der Waals surface area contributed by atoms with Crippen molar-refractivity contribution < 1.29 is 76.7 Å². The molecule has 0 aromatic carbocycles. The number of aromatic amines is 3. The first kappa shape index (κ1) is 25.0. The fraction of sp³-hybridized carbons (Fsp3) is 0. The largest absolute Gasteiger partial charge is 2.00 e. The smallest absolute Gasteiger partial charge is 1.00 e. The maximum absolute atomic E-state index is 3.11. The Kier molecular flexibility index (Phi) is 20.5. The van der Waals surface area contributed by atoms with Crippen molar-refractivity contribution in [2.75, 3.05) is 0 Å². The van der Waals surface area contributed by atoms with Crippen LogP contribution in [0.15, 0.2) is 36.8 Å². The topological polar surface area (TPSA) is 44.1 Å². The number of imidazole rings is 1. The van der Waals surface area contributed by atoms with Gasteiger partial charge in [0.1, 0.15) is 12.4 Å². The zero-order valence-electron chi connectivity index (χ0n) is 7.78. The summed E-state index contributed by atoms with van der Waals surface area (Å²) in [6.45, 7) is 0. The first-order valence-corrected chi connectivity index (χ1v) is 3.49. The third-order valence-corrected chi connectivity index (χ3v) is 1.52. The van der Waals surface area contributed by atoms with Crippen molar-refractivity contribution in [2.24, 2.45) is 0 Å². The van der Waals surface area contributed by atoms with Gasteiger partial charge in [-0.2, -0.15) is 0 Å². The summed E-state index contributed by atoms with van der Waals surface area (Å²) >= 11 is 0. The first-order chi connectivity index (χ1) is 5.47. The average molecular weight is 353 g/mol. The minimum atomic E-state index is 0. The Morgan fingerprint density at radius 1 is 0.875 bits per heavy atom. The van der Waals surface area contributed by atoms with Crippen LogP contribution in [0, 0.1) is 0 Å². The second kappa shape index (κ2) is 13.1. The van der Waals surface area contributed by atoms with Crippen molar-refractivity contribution in [2.45, 2.75) is 0 Å². The molecule has 1 radical (unpaired) electrons. The molecule has 0 aliphatic heterocycles.